The predicted molar refractivity (Wildman–Crippen MR) is 142 cm³/mol. The predicted octanol–water partition coefficient (Wildman–Crippen LogP) is 4.59. The first-order chi connectivity index (χ1) is 18.0. The Bertz CT molecular complexity index is 1210. The number of amides is 3. The Morgan fingerprint density at radius 3 is 2.35 bits per heavy atom. The molecule has 3 aromatic rings. The number of carbonyl (C=O) groups excluding carboxylic acids is 2. The molecule has 1 unspecified atom stereocenters. The van der Waals surface area contributed by atoms with E-state index in [1.807, 2.05) is 73.7 Å². The summed E-state index contributed by atoms with van der Waals surface area (Å²) in [5.41, 5.74) is 3.58. The summed E-state index contributed by atoms with van der Waals surface area (Å²) in [6.07, 6.45) is 0.922. The van der Waals surface area contributed by atoms with Gasteiger partial charge in [0.25, 0.3) is 0 Å². The van der Waals surface area contributed by atoms with Gasteiger partial charge in [-0.25, -0.2) is 4.79 Å². The summed E-state index contributed by atoms with van der Waals surface area (Å²) in [7, 11) is 3.19. The quantitative estimate of drug-likeness (QED) is 0.446. The van der Waals surface area contributed by atoms with Crippen molar-refractivity contribution >= 4 is 17.6 Å². The highest BCUT2D eigenvalue weighted by Crippen LogP contribution is 2.38. The van der Waals surface area contributed by atoms with Crippen LogP contribution in [0.15, 0.2) is 66.7 Å². The summed E-state index contributed by atoms with van der Waals surface area (Å²) in [4.78, 5) is 27.9. The second kappa shape index (κ2) is 12.2. The molecule has 1 atom stereocenters. The first-order valence-electron chi connectivity index (χ1n) is 12.4. The highest BCUT2D eigenvalue weighted by Gasteiger charge is 2.32. The zero-order valence-electron chi connectivity index (χ0n) is 21.5. The SMILES string of the molecule is CCOc1ccc(NC(=O)N2CCc3cc(OC)c(OC)cc3C2CNC(=O)Cc2ccccc2)cc1. The molecule has 4 rings (SSSR count). The molecule has 0 radical (unpaired) electrons. The van der Waals surface area contributed by atoms with Crippen molar-refractivity contribution in [2.45, 2.75) is 25.8 Å². The standard InChI is InChI=1S/C29H33N3O5/c1-4-37-23-12-10-22(11-13-23)31-29(34)32-15-14-21-17-26(35-2)27(36-3)18-24(21)25(32)19-30-28(33)16-20-8-6-5-7-9-20/h5-13,17-18,25H,4,14-16,19H2,1-3H3,(H,30,33)(H,31,34). The minimum absolute atomic E-state index is 0.106. The van der Waals surface area contributed by atoms with Gasteiger partial charge in [-0.1, -0.05) is 30.3 Å². The van der Waals surface area contributed by atoms with Gasteiger partial charge in [0.1, 0.15) is 5.75 Å². The molecule has 0 aliphatic carbocycles. The van der Waals surface area contributed by atoms with Crippen molar-refractivity contribution in [1.82, 2.24) is 10.2 Å². The molecule has 3 aromatic carbocycles. The Labute approximate surface area is 217 Å². The van der Waals surface area contributed by atoms with Gasteiger partial charge >= 0.3 is 6.03 Å². The van der Waals surface area contributed by atoms with Gasteiger partial charge in [-0.15, -0.1) is 0 Å². The van der Waals surface area contributed by atoms with Gasteiger partial charge in [0, 0.05) is 18.8 Å². The van der Waals surface area contributed by atoms with Crippen LogP contribution in [0.25, 0.3) is 0 Å². The molecule has 2 N–H and O–H groups in total. The molecule has 194 valence electrons. The number of nitrogens with one attached hydrogen (secondary N) is 2. The number of fused-ring (bicyclic) bond motifs is 1. The minimum Gasteiger partial charge on any atom is -0.494 e. The fourth-order valence-electron chi connectivity index (χ4n) is 4.54. The molecule has 8 heteroatoms. The second-order valence-electron chi connectivity index (χ2n) is 8.72. The number of hydrogen-bond acceptors (Lipinski definition) is 5. The Morgan fingerprint density at radius 1 is 0.973 bits per heavy atom. The van der Waals surface area contributed by atoms with E-state index in [9.17, 15) is 9.59 Å². The zero-order chi connectivity index (χ0) is 26.2. The van der Waals surface area contributed by atoms with Crippen molar-refractivity contribution in [2.24, 2.45) is 0 Å². The summed E-state index contributed by atoms with van der Waals surface area (Å²) in [5.74, 6) is 1.86. The highest BCUT2D eigenvalue weighted by molar-refractivity contribution is 5.90. The van der Waals surface area contributed by atoms with Gasteiger partial charge in [0.2, 0.25) is 5.91 Å². The number of benzene rings is 3. The number of ether oxygens (including phenoxy) is 3. The number of carbonyl (C=O) groups is 2. The Morgan fingerprint density at radius 2 is 1.68 bits per heavy atom. The third-order valence-corrected chi connectivity index (χ3v) is 6.38. The van der Waals surface area contributed by atoms with Crippen LogP contribution in [0.3, 0.4) is 0 Å². The van der Waals surface area contributed by atoms with Gasteiger partial charge in [0.15, 0.2) is 11.5 Å². The monoisotopic (exact) mass is 503 g/mol. The topological polar surface area (TPSA) is 89.1 Å². The molecule has 1 aliphatic heterocycles. The lowest BCUT2D eigenvalue weighted by molar-refractivity contribution is -0.120. The number of anilines is 1. The smallest absolute Gasteiger partial charge is 0.322 e. The molecule has 1 heterocycles. The van der Waals surface area contributed by atoms with Crippen molar-refractivity contribution in [3.63, 3.8) is 0 Å². The minimum atomic E-state index is -0.383. The summed E-state index contributed by atoms with van der Waals surface area (Å²) in [6.45, 7) is 3.26. The van der Waals surface area contributed by atoms with Gasteiger partial charge < -0.3 is 29.7 Å². The Kier molecular flexibility index (Phi) is 8.51. The number of methoxy groups -OCH3 is 2. The van der Waals surface area contributed by atoms with Crippen LogP contribution in [-0.4, -0.2) is 50.8 Å². The van der Waals surface area contributed by atoms with E-state index in [-0.39, 0.29) is 30.9 Å². The van der Waals surface area contributed by atoms with E-state index in [0.717, 1.165) is 22.4 Å². The van der Waals surface area contributed by atoms with Crippen molar-refractivity contribution in [2.75, 3.05) is 39.2 Å². The van der Waals surface area contributed by atoms with Crippen LogP contribution in [0.4, 0.5) is 10.5 Å². The maximum atomic E-state index is 13.4. The third-order valence-electron chi connectivity index (χ3n) is 6.38. The average Bonchev–Trinajstić information content (AvgIpc) is 2.92. The van der Waals surface area contributed by atoms with Crippen molar-refractivity contribution in [3.8, 4) is 17.2 Å². The molecule has 0 fully saturated rings. The zero-order valence-corrected chi connectivity index (χ0v) is 21.5. The van der Waals surface area contributed by atoms with E-state index in [1.54, 1.807) is 19.1 Å². The molecular formula is C29H33N3O5. The van der Waals surface area contributed by atoms with Crippen molar-refractivity contribution in [1.29, 1.82) is 0 Å². The maximum absolute atomic E-state index is 13.4. The lowest BCUT2D eigenvalue weighted by Crippen LogP contribution is -2.47. The largest absolute Gasteiger partial charge is 0.494 e. The van der Waals surface area contributed by atoms with Crippen molar-refractivity contribution in [3.05, 3.63) is 83.4 Å². The lowest BCUT2D eigenvalue weighted by atomic mass is 9.91. The molecule has 0 spiro atoms. The molecule has 37 heavy (non-hydrogen) atoms. The fraction of sp³-hybridized carbons (Fsp3) is 0.310. The normalized spacial score (nSPS) is 14.4. The average molecular weight is 504 g/mol. The van der Waals surface area contributed by atoms with Gasteiger partial charge in [-0.3, -0.25) is 4.79 Å². The van der Waals surface area contributed by atoms with Crippen LogP contribution >= 0.6 is 0 Å². The number of hydrogen-bond donors (Lipinski definition) is 2. The van der Waals surface area contributed by atoms with Gasteiger partial charge in [-0.2, -0.15) is 0 Å². The van der Waals surface area contributed by atoms with Crippen LogP contribution in [0, 0.1) is 0 Å². The van der Waals surface area contributed by atoms with Crippen molar-refractivity contribution < 1.29 is 23.8 Å². The van der Waals surface area contributed by atoms with Crippen LogP contribution in [0.1, 0.15) is 29.7 Å². The van der Waals surface area contributed by atoms with E-state index >= 15 is 0 Å². The molecule has 8 nitrogen and oxygen atoms in total. The first kappa shape index (κ1) is 25.9. The van der Waals surface area contributed by atoms with Crippen LogP contribution in [-0.2, 0) is 17.6 Å². The molecule has 0 bridgehead atoms. The van der Waals surface area contributed by atoms with Crippen LogP contribution < -0.4 is 24.8 Å². The lowest BCUT2D eigenvalue weighted by Gasteiger charge is -2.38. The molecule has 0 saturated carbocycles. The summed E-state index contributed by atoms with van der Waals surface area (Å²) in [5, 5.41) is 6.01. The summed E-state index contributed by atoms with van der Waals surface area (Å²) >= 11 is 0. The molecule has 1 aliphatic rings. The number of nitrogens with zero attached hydrogens (tertiary/aromatic N) is 1. The molecule has 3 amide bonds. The van der Waals surface area contributed by atoms with E-state index in [4.69, 9.17) is 14.2 Å². The first-order valence-corrected chi connectivity index (χ1v) is 12.4. The van der Waals surface area contributed by atoms with E-state index in [0.29, 0.717) is 36.8 Å². The Hall–Kier alpha value is -4.20. The van der Waals surface area contributed by atoms with Gasteiger partial charge in [-0.05, 0) is 66.4 Å². The van der Waals surface area contributed by atoms with Crippen LogP contribution in [0.2, 0.25) is 0 Å². The van der Waals surface area contributed by atoms with E-state index < -0.39 is 0 Å². The highest BCUT2D eigenvalue weighted by atomic mass is 16.5. The third kappa shape index (κ3) is 6.33. The summed E-state index contributed by atoms with van der Waals surface area (Å²) < 4.78 is 16.5. The van der Waals surface area contributed by atoms with Crippen LogP contribution in [0.5, 0.6) is 17.2 Å². The summed E-state index contributed by atoms with van der Waals surface area (Å²) in [6, 6.07) is 20.1. The van der Waals surface area contributed by atoms with E-state index in [2.05, 4.69) is 10.6 Å². The molecule has 0 aromatic heterocycles. The number of urea groups is 1. The Balaban J connectivity index is 1.55. The maximum Gasteiger partial charge on any atom is 0.322 e. The second-order valence-corrected chi connectivity index (χ2v) is 8.72. The van der Waals surface area contributed by atoms with E-state index in [1.165, 1.54) is 0 Å². The van der Waals surface area contributed by atoms with Gasteiger partial charge in [0.05, 0.1) is 33.3 Å². The number of rotatable bonds is 9. The fourth-order valence-corrected chi connectivity index (χ4v) is 4.54. The molecule has 0 saturated heterocycles. The molecular weight excluding hydrogens is 470 g/mol.